The highest BCUT2D eigenvalue weighted by molar-refractivity contribution is 7.20. The fraction of sp³-hybridized carbons (Fsp3) is 0.333. The summed E-state index contributed by atoms with van der Waals surface area (Å²) >= 11 is 1.27. The van der Waals surface area contributed by atoms with Crippen molar-refractivity contribution in [2.24, 2.45) is 0 Å². The van der Waals surface area contributed by atoms with Gasteiger partial charge in [0.05, 0.1) is 17.4 Å². The Morgan fingerprint density at radius 1 is 1.33 bits per heavy atom. The van der Waals surface area contributed by atoms with Crippen LogP contribution in [-0.4, -0.2) is 35.3 Å². The van der Waals surface area contributed by atoms with Crippen LogP contribution in [0.5, 0.6) is 5.88 Å². The van der Waals surface area contributed by atoms with Crippen molar-refractivity contribution in [2.75, 3.05) is 19.5 Å². The first-order valence-electron chi connectivity index (χ1n) is 7.11. The standard InChI is InChI=1S/C15H16N4O4S/c1-7-5-9(19-23-7)16-13(20)12-8(2)11-14(22-4)17-10(6-21-3)18-15(11)24-12/h5H,6H2,1-4H3,(H,16,19,20). The topological polar surface area (TPSA) is 99.4 Å². The summed E-state index contributed by atoms with van der Waals surface area (Å²) in [5.74, 6) is 1.64. The van der Waals surface area contributed by atoms with Gasteiger partial charge in [-0.05, 0) is 19.4 Å². The zero-order valence-electron chi connectivity index (χ0n) is 13.7. The molecular formula is C15H16N4O4S. The number of carbonyl (C=O) groups excluding carboxylic acids is 1. The van der Waals surface area contributed by atoms with Gasteiger partial charge in [-0.3, -0.25) is 4.79 Å². The Labute approximate surface area is 141 Å². The number of methoxy groups -OCH3 is 2. The number of carbonyl (C=O) groups is 1. The van der Waals surface area contributed by atoms with E-state index in [1.54, 1.807) is 20.1 Å². The van der Waals surface area contributed by atoms with E-state index in [0.717, 1.165) is 10.9 Å². The zero-order chi connectivity index (χ0) is 17.3. The molecule has 8 nitrogen and oxygen atoms in total. The number of rotatable bonds is 5. The normalized spacial score (nSPS) is 11.0. The monoisotopic (exact) mass is 348 g/mol. The van der Waals surface area contributed by atoms with Gasteiger partial charge in [0.15, 0.2) is 11.6 Å². The first-order chi connectivity index (χ1) is 11.5. The molecule has 3 rings (SSSR count). The highest BCUT2D eigenvalue weighted by atomic mass is 32.1. The molecule has 0 fully saturated rings. The van der Waals surface area contributed by atoms with Gasteiger partial charge in [-0.15, -0.1) is 11.3 Å². The Kier molecular flexibility index (Phi) is 4.45. The average molecular weight is 348 g/mol. The van der Waals surface area contributed by atoms with Crippen molar-refractivity contribution in [2.45, 2.75) is 20.5 Å². The van der Waals surface area contributed by atoms with Crippen molar-refractivity contribution < 1.29 is 18.8 Å². The van der Waals surface area contributed by atoms with E-state index in [4.69, 9.17) is 14.0 Å². The van der Waals surface area contributed by atoms with Crippen LogP contribution in [0.2, 0.25) is 0 Å². The van der Waals surface area contributed by atoms with Crippen molar-refractivity contribution in [3.63, 3.8) is 0 Å². The van der Waals surface area contributed by atoms with Crippen molar-refractivity contribution in [3.05, 3.63) is 28.1 Å². The van der Waals surface area contributed by atoms with E-state index in [2.05, 4.69) is 20.4 Å². The Bertz CT molecular complexity index is 902. The number of anilines is 1. The minimum absolute atomic E-state index is 0.267. The summed E-state index contributed by atoms with van der Waals surface area (Å²) in [4.78, 5) is 22.5. The van der Waals surface area contributed by atoms with Gasteiger partial charge in [0.1, 0.15) is 17.2 Å². The lowest BCUT2D eigenvalue weighted by atomic mass is 10.2. The molecule has 0 aromatic carbocycles. The number of fused-ring (bicyclic) bond motifs is 1. The predicted molar refractivity (Wildman–Crippen MR) is 88.6 cm³/mol. The average Bonchev–Trinajstić information content (AvgIpc) is 3.10. The number of amides is 1. The molecule has 0 spiro atoms. The molecule has 3 aromatic rings. The van der Waals surface area contributed by atoms with Crippen LogP contribution in [0.15, 0.2) is 10.6 Å². The van der Waals surface area contributed by atoms with Crippen LogP contribution in [-0.2, 0) is 11.3 Å². The largest absolute Gasteiger partial charge is 0.480 e. The number of thiophene rings is 1. The summed E-state index contributed by atoms with van der Waals surface area (Å²) in [6.07, 6.45) is 0. The lowest BCUT2D eigenvalue weighted by Gasteiger charge is -2.04. The molecule has 0 radical (unpaired) electrons. The molecule has 0 aliphatic rings. The van der Waals surface area contributed by atoms with Crippen molar-refractivity contribution >= 4 is 33.3 Å². The van der Waals surface area contributed by atoms with Crippen LogP contribution in [0.25, 0.3) is 10.2 Å². The number of nitrogens with one attached hydrogen (secondary N) is 1. The van der Waals surface area contributed by atoms with Crippen LogP contribution < -0.4 is 10.1 Å². The van der Waals surface area contributed by atoms with Gasteiger partial charge in [0.2, 0.25) is 5.88 Å². The van der Waals surface area contributed by atoms with Gasteiger partial charge >= 0.3 is 0 Å². The first kappa shape index (κ1) is 16.3. The number of hydrogen-bond donors (Lipinski definition) is 1. The molecule has 1 N–H and O–H groups in total. The minimum atomic E-state index is -0.279. The van der Waals surface area contributed by atoms with Gasteiger partial charge in [-0.1, -0.05) is 5.16 Å². The molecular weight excluding hydrogens is 332 g/mol. The summed E-state index contributed by atoms with van der Waals surface area (Å²) < 4.78 is 15.4. The lowest BCUT2D eigenvalue weighted by molar-refractivity contribution is 0.102. The van der Waals surface area contributed by atoms with Gasteiger partial charge < -0.3 is 19.3 Å². The summed E-state index contributed by atoms with van der Waals surface area (Å²) in [5.41, 5.74) is 0.758. The van der Waals surface area contributed by atoms with Crippen molar-refractivity contribution in [3.8, 4) is 5.88 Å². The molecule has 0 atom stereocenters. The van der Waals surface area contributed by atoms with E-state index in [0.29, 0.717) is 33.0 Å². The second-order valence-electron chi connectivity index (χ2n) is 5.10. The molecule has 0 unspecified atom stereocenters. The lowest BCUT2D eigenvalue weighted by Crippen LogP contribution is -2.11. The third-order valence-electron chi connectivity index (χ3n) is 3.35. The van der Waals surface area contributed by atoms with Crippen LogP contribution in [0.3, 0.4) is 0 Å². The highest BCUT2D eigenvalue weighted by Gasteiger charge is 2.21. The third-order valence-corrected chi connectivity index (χ3v) is 4.53. The summed E-state index contributed by atoms with van der Waals surface area (Å²) in [7, 11) is 3.10. The second-order valence-corrected chi connectivity index (χ2v) is 6.09. The van der Waals surface area contributed by atoms with E-state index in [1.165, 1.54) is 18.4 Å². The fourth-order valence-corrected chi connectivity index (χ4v) is 3.39. The molecule has 0 aliphatic heterocycles. The van der Waals surface area contributed by atoms with E-state index in [1.807, 2.05) is 6.92 Å². The Morgan fingerprint density at radius 3 is 2.75 bits per heavy atom. The number of nitrogens with zero attached hydrogens (tertiary/aromatic N) is 3. The number of aromatic nitrogens is 3. The van der Waals surface area contributed by atoms with E-state index < -0.39 is 0 Å². The van der Waals surface area contributed by atoms with Crippen LogP contribution in [0.4, 0.5) is 5.82 Å². The molecule has 1 amide bonds. The van der Waals surface area contributed by atoms with Crippen LogP contribution in [0, 0.1) is 13.8 Å². The van der Waals surface area contributed by atoms with Crippen molar-refractivity contribution in [1.82, 2.24) is 15.1 Å². The molecule has 3 aromatic heterocycles. The molecule has 9 heteroatoms. The number of ether oxygens (including phenoxy) is 2. The molecule has 0 aliphatic carbocycles. The molecule has 3 heterocycles. The Morgan fingerprint density at radius 2 is 2.12 bits per heavy atom. The van der Waals surface area contributed by atoms with E-state index in [-0.39, 0.29) is 12.5 Å². The molecule has 24 heavy (non-hydrogen) atoms. The maximum atomic E-state index is 12.5. The highest BCUT2D eigenvalue weighted by Crippen LogP contribution is 2.35. The van der Waals surface area contributed by atoms with E-state index >= 15 is 0 Å². The first-order valence-corrected chi connectivity index (χ1v) is 7.92. The van der Waals surface area contributed by atoms with Crippen LogP contribution >= 0.6 is 11.3 Å². The van der Waals surface area contributed by atoms with Gasteiger partial charge in [0.25, 0.3) is 5.91 Å². The summed E-state index contributed by atoms with van der Waals surface area (Å²) in [5, 5.41) is 7.20. The minimum Gasteiger partial charge on any atom is -0.480 e. The SMILES string of the molecule is COCc1nc(OC)c2c(C)c(C(=O)Nc3cc(C)on3)sc2n1. The zero-order valence-corrected chi connectivity index (χ0v) is 14.5. The van der Waals surface area contributed by atoms with E-state index in [9.17, 15) is 4.79 Å². The molecule has 0 saturated carbocycles. The molecule has 0 saturated heterocycles. The summed E-state index contributed by atoms with van der Waals surface area (Å²) in [6.45, 7) is 3.86. The number of hydrogen-bond acceptors (Lipinski definition) is 8. The summed E-state index contributed by atoms with van der Waals surface area (Å²) in [6, 6.07) is 1.65. The fourth-order valence-electron chi connectivity index (χ4n) is 2.30. The Hall–Kier alpha value is -2.52. The van der Waals surface area contributed by atoms with Gasteiger partial charge in [-0.25, -0.2) is 4.98 Å². The maximum Gasteiger partial charge on any atom is 0.267 e. The predicted octanol–water partition coefficient (Wildman–Crippen LogP) is 2.70. The maximum absolute atomic E-state index is 12.5. The number of aryl methyl sites for hydroxylation is 2. The molecule has 126 valence electrons. The quantitative estimate of drug-likeness (QED) is 0.756. The van der Waals surface area contributed by atoms with Crippen molar-refractivity contribution in [1.29, 1.82) is 0 Å². The Balaban J connectivity index is 2.02. The third kappa shape index (κ3) is 2.95. The molecule has 0 bridgehead atoms. The smallest absolute Gasteiger partial charge is 0.267 e. The van der Waals surface area contributed by atoms with Gasteiger partial charge in [0, 0.05) is 13.2 Å². The van der Waals surface area contributed by atoms with Crippen LogP contribution in [0.1, 0.15) is 26.8 Å². The van der Waals surface area contributed by atoms with Gasteiger partial charge in [-0.2, -0.15) is 4.98 Å². The second kappa shape index (κ2) is 6.54.